The molecular formula is C5H2BrN3S. The van der Waals surface area contributed by atoms with Crippen LogP contribution in [0.1, 0.15) is 0 Å². The Balaban J connectivity index is 3.00. The summed E-state index contributed by atoms with van der Waals surface area (Å²) in [5, 5.41) is 9.55. The molecule has 10 heavy (non-hydrogen) atoms. The molecule has 1 heterocycles. The third kappa shape index (κ3) is 1.95. The molecule has 0 saturated heterocycles. The van der Waals surface area contributed by atoms with Crippen LogP contribution in [0.4, 0.5) is 5.82 Å². The average Bonchev–Trinajstić information content (AvgIpc) is 1.95. The van der Waals surface area contributed by atoms with Crippen LogP contribution in [0.25, 0.3) is 0 Å². The largest absolute Gasteiger partial charge is 0.184 e. The molecule has 0 radical (unpaired) electrons. The van der Waals surface area contributed by atoms with Gasteiger partial charge >= 0.3 is 0 Å². The maximum atomic E-state index is 4.37. The van der Waals surface area contributed by atoms with Crippen LogP contribution in [-0.2, 0) is 0 Å². The lowest BCUT2D eigenvalue weighted by Gasteiger charge is -1.86. The Morgan fingerprint density at radius 2 is 2.30 bits per heavy atom. The SMILES string of the molecule is S=C=Nc1ccc(Br)nn1. The minimum Gasteiger partial charge on any atom is -0.172 e. The third-order valence-corrected chi connectivity index (χ3v) is 1.29. The molecule has 0 spiro atoms. The van der Waals surface area contributed by atoms with Crippen molar-refractivity contribution in [1.82, 2.24) is 10.2 Å². The lowest BCUT2D eigenvalue weighted by molar-refractivity contribution is 1.00. The van der Waals surface area contributed by atoms with E-state index in [-0.39, 0.29) is 0 Å². The zero-order chi connectivity index (χ0) is 7.40. The van der Waals surface area contributed by atoms with Gasteiger partial charge in [-0.1, -0.05) is 0 Å². The van der Waals surface area contributed by atoms with E-state index in [4.69, 9.17) is 0 Å². The summed E-state index contributed by atoms with van der Waals surface area (Å²) in [5.41, 5.74) is 0. The van der Waals surface area contributed by atoms with Gasteiger partial charge in [0.15, 0.2) is 5.82 Å². The molecule has 0 bridgehead atoms. The maximum Gasteiger partial charge on any atom is 0.184 e. The highest BCUT2D eigenvalue weighted by molar-refractivity contribution is 9.10. The van der Waals surface area contributed by atoms with Crippen LogP contribution in [0.5, 0.6) is 0 Å². The zero-order valence-electron chi connectivity index (χ0n) is 4.78. The van der Waals surface area contributed by atoms with E-state index in [2.05, 4.69) is 48.5 Å². The summed E-state index contributed by atoms with van der Waals surface area (Å²) in [7, 11) is 0. The Morgan fingerprint density at radius 3 is 2.80 bits per heavy atom. The van der Waals surface area contributed by atoms with E-state index in [9.17, 15) is 0 Å². The molecule has 0 unspecified atom stereocenters. The fraction of sp³-hybridized carbons (Fsp3) is 0. The van der Waals surface area contributed by atoms with Gasteiger partial charge in [-0.15, -0.1) is 10.2 Å². The van der Waals surface area contributed by atoms with Crippen LogP contribution in [0, 0.1) is 0 Å². The predicted molar refractivity (Wildman–Crippen MR) is 44.4 cm³/mol. The van der Waals surface area contributed by atoms with Gasteiger partial charge in [-0.3, -0.25) is 0 Å². The number of hydrogen-bond acceptors (Lipinski definition) is 4. The molecule has 5 heteroatoms. The topological polar surface area (TPSA) is 38.1 Å². The molecule has 0 N–H and O–H groups in total. The van der Waals surface area contributed by atoms with E-state index in [1.165, 1.54) is 0 Å². The first kappa shape index (κ1) is 7.47. The van der Waals surface area contributed by atoms with Gasteiger partial charge < -0.3 is 0 Å². The second-order valence-electron chi connectivity index (χ2n) is 1.42. The van der Waals surface area contributed by atoms with E-state index >= 15 is 0 Å². The molecule has 1 aromatic heterocycles. The van der Waals surface area contributed by atoms with Crippen molar-refractivity contribution in [3.8, 4) is 0 Å². The summed E-state index contributed by atoms with van der Waals surface area (Å²) in [6.07, 6.45) is 0. The van der Waals surface area contributed by atoms with Gasteiger partial charge in [0.05, 0.1) is 5.16 Å². The van der Waals surface area contributed by atoms with E-state index in [1.54, 1.807) is 12.1 Å². The van der Waals surface area contributed by atoms with Crippen LogP contribution in [0.15, 0.2) is 21.7 Å². The number of aliphatic imine (C=N–C) groups is 1. The number of rotatable bonds is 1. The number of nitrogens with zero attached hydrogens (tertiary/aromatic N) is 3. The predicted octanol–water partition coefficient (Wildman–Crippen LogP) is 1.97. The van der Waals surface area contributed by atoms with Gasteiger partial charge in [-0.25, -0.2) is 0 Å². The van der Waals surface area contributed by atoms with Gasteiger partial charge in [-0.2, -0.15) is 4.99 Å². The molecule has 3 nitrogen and oxygen atoms in total. The summed E-state index contributed by atoms with van der Waals surface area (Å²) in [6.45, 7) is 0. The first-order chi connectivity index (χ1) is 4.83. The summed E-state index contributed by atoms with van der Waals surface area (Å²) < 4.78 is 0.677. The zero-order valence-corrected chi connectivity index (χ0v) is 7.19. The number of aromatic nitrogens is 2. The van der Waals surface area contributed by atoms with Crippen LogP contribution < -0.4 is 0 Å². The Labute approximate surface area is 71.3 Å². The lowest BCUT2D eigenvalue weighted by Crippen LogP contribution is -1.79. The second kappa shape index (κ2) is 3.51. The highest BCUT2D eigenvalue weighted by Crippen LogP contribution is 2.08. The highest BCUT2D eigenvalue weighted by Gasteiger charge is 1.89. The average molecular weight is 216 g/mol. The van der Waals surface area contributed by atoms with Crippen molar-refractivity contribution in [3.63, 3.8) is 0 Å². The van der Waals surface area contributed by atoms with Crippen LogP contribution >= 0.6 is 28.1 Å². The fourth-order valence-corrected chi connectivity index (χ4v) is 0.720. The van der Waals surface area contributed by atoms with Crippen molar-refractivity contribution in [2.75, 3.05) is 0 Å². The van der Waals surface area contributed by atoms with Crippen molar-refractivity contribution in [2.45, 2.75) is 0 Å². The first-order valence-electron chi connectivity index (χ1n) is 2.40. The van der Waals surface area contributed by atoms with Crippen molar-refractivity contribution in [3.05, 3.63) is 16.7 Å². The normalized spacial score (nSPS) is 8.50. The van der Waals surface area contributed by atoms with E-state index in [0.717, 1.165) is 0 Å². The standard InChI is InChI=1S/C5H2BrN3S/c6-4-1-2-5(7-3-10)9-8-4/h1-2H. The summed E-state index contributed by atoms with van der Waals surface area (Å²) in [5.74, 6) is 0.471. The van der Waals surface area contributed by atoms with Gasteiger partial charge in [0.2, 0.25) is 0 Å². The lowest BCUT2D eigenvalue weighted by atomic mass is 10.5. The molecular weight excluding hydrogens is 214 g/mol. The molecule has 1 aromatic rings. The number of thiocarbonyl (C=S) groups is 1. The minimum atomic E-state index is 0.471. The van der Waals surface area contributed by atoms with Crippen molar-refractivity contribution in [2.24, 2.45) is 4.99 Å². The Bertz CT molecular complexity index is 265. The van der Waals surface area contributed by atoms with Gasteiger partial charge in [0.1, 0.15) is 4.60 Å². The number of hydrogen-bond donors (Lipinski definition) is 0. The van der Waals surface area contributed by atoms with Gasteiger partial charge in [0.25, 0.3) is 0 Å². The summed E-state index contributed by atoms with van der Waals surface area (Å²) in [6, 6.07) is 3.43. The van der Waals surface area contributed by atoms with E-state index in [0.29, 0.717) is 10.4 Å². The Kier molecular flexibility index (Phi) is 2.62. The number of isothiocyanates is 1. The van der Waals surface area contributed by atoms with Crippen LogP contribution in [0.2, 0.25) is 0 Å². The molecule has 50 valence electrons. The molecule has 0 aliphatic heterocycles. The van der Waals surface area contributed by atoms with E-state index in [1.807, 2.05) is 0 Å². The van der Waals surface area contributed by atoms with Crippen LogP contribution in [-0.4, -0.2) is 15.4 Å². The monoisotopic (exact) mass is 215 g/mol. The van der Waals surface area contributed by atoms with E-state index < -0.39 is 0 Å². The van der Waals surface area contributed by atoms with Gasteiger partial charge in [0, 0.05) is 0 Å². The van der Waals surface area contributed by atoms with Crippen LogP contribution in [0.3, 0.4) is 0 Å². The second-order valence-corrected chi connectivity index (χ2v) is 2.41. The molecule has 0 aromatic carbocycles. The molecule has 0 atom stereocenters. The molecule has 0 aliphatic carbocycles. The summed E-state index contributed by atoms with van der Waals surface area (Å²) >= 11 is 7.51. The quantitative estimate of drug-likeness (QED) is 0.532. The molecule has 1 rings (SSSR count). The van der Waals surface area contributed by atoms with Crippen molar-refractivity contribution >= 4 is 39.1 Å². The van der Waals surface area contributed by atoms with Gasteiger partial charge in [-0.05, 0) is 40.3 Å². The smallest absolute Gasteiger partial charge is 0.172 e. The Hall–Kier alpha value is -0.640. The molecule has 0 fully saturated rings. The fourth-order valence-electron chi connectivity index (χ4n) is 0.415. The first-order valence-corrected chi connectivity index (χ1v) is 3.60. The minimum absolute atomic E-state index is 0.471. The summed E-state index contributed by atoms with van der Waals surface area (Å²) in [4.78, 5) is 3.62. The van der Waals surface area contributed by atoms with Crippen molar-refractivity contribution < 1.29 is 0 Å². The highest BCUT2D eigenvalue weighted by atomic mass is 79.9. The Morgan fingerprint density at radius 1 is 1.50 bits per heavy atom. The third-order valence-electron chi connectivity index (χ3n) is 0.778. The molecule has 0 saturated carbocycles. The molecule has 0 amide bonds. The maximum absolute atomic E-state index is 4.37. The molecule has 0 aliphatic rings. The number of halogens is 1. The van der Waals surface area contributed by atoms with Crippen molar-refractivity contribution in [1.29, 1.82) is 0 Å².